The number of esters is 1. The number of carbonyl (C=O) groups excluding carboxylic acids is 2. The minimum absolute atomic E-state index is 0.288. The molecule has 0 spiro atoms. The summed E-state index contributed by atoms with van der Waals surface area (Å²) in [6.07, 6.45) is 2.76. The topological polar surface area (TPSA) is 46.6 Å². The maximum atomic E-state index is 13.0. The molecule has 4 nitrogen and oxygen atoms in total. The van der Waals surface area contributed by atoms with E-state index in [1.165, 1.54) is 29.3 Å². The first kappa shape index (κ1) is 19.3. The molecule has 2 aromatic carbocycles. The lowest BCUT2D eigenvalue weighted by Gasteiger charge is -2.24. The molecule has 1 atom stereocenters. The number of methoxy groups -OCH3 is 1. The highest BCUT2D eigenvalue weighted by atomic mass is 32.2. The van der Waals surface area contributed by atoms with Gasteiger partial charge in [-0.1, -0.05) is 85.5 Å². The van der Waals surface area contributed by atoms with Gasteiger partial charge in [0.1, 0.15) is 4.32 Å². The zero-order valence-corrected chi connectivity index (χ0v) is 16.7. The molecule has 27 heavy (non-hydrogen) atoms. The van der Waals surface area contributed by atoms with Crippen LogP contribution in [0.2, 0.25) is 0 Å². The van der Waals surface area contributed by atoms with Crippen molar-refractivity contribution in [1.29, 1.82) is 0 Å². The third kappa shape index (κ3) is 4.12. The van der Waals surface area contributed by atoms with Crippen molar-refractivity contribution in [1.82, 2.24) is 4.90 Å². The van der Waals surface area contributed by atoms with Gasteiger partial charge in [-0.05, 0) is 29.2 Å². The lowest BCUT2D eigenvalue weighted by molar-refractivity contribution is -0.148. The van der Waals surface area contributed by atoms with Crippen molar-refractivity contribution in [3.05, 3.63) is 76.2 Å². The van der Waals surface area contributed by atoms with E-state index in [4.69, 9.17) is 17.0 Å². The van der Waals surface area contributed by atoms with E-state index in [-0.39, 0.29) is 5.91 Å². The molecular formula is C21H19NO3S2. The molecule has 6 heteroatoms. The number of hydrogen-bond acceptors (Lipinski definition) is 5. The number of thiocarbonyl (C=S) groups is 1. The number of aryl methyl sites for hydroxylation is 1. The van der Waals surface area contributed by atoms with Crippen LogP contribution in [-0.4, -0.2) is 28.2 Å². The maximum absolute atomic E-state index is 13.0. The van der Waals surface area contributed by atoms with E-state index in [1.807, 2.05) is 42.5 Å². The van der Waals surface area contributed by atoms with Gasteiger partial charge < -0.3 is 4.74 Å². The summed E-state index contributed by atoms with van der Waals surface area (Å²) in [4.78, 5) is 27.3. The van der Waals surface area contributed by atoms with E-state index in [0.717, 1.165) is 12.0 Å². The molecule has 1 fully saturated rings. The monoisotopic (exact) mass is 397 g/mol. The Morgan fingerprint density at radius 1 is 1.19 bits per heavy atom. The molecule has 0 saturated carbocycles. The quantitative estimate of drug-likeness (QED) is 0.426. The summed E-state index contributed by atoms with van der Waals surface area (Å²) in [6, 6.07) is 16.2. The second-order valence-corrected chi connectivity index (χ2v) is 7.66. The van der Waals surface area contributed by atoms with Gasteiger partial charge in [-0.3, -0.25) is 9.69 Å². The highest BCUT2D eigenvalue weighted by Gasteiger charge is 2.41. The van der Waals surface area contributed by atoms with Gasteiger partial charge in [-0.15, -0.1) is 0 Å². The third-order valence-electron chi connectivity index (χ3n) is 4.31. The Bertz CT molecular complexity index is 891. The van der Waals surface area contributed by atoms with Crippen LogP contribution in [0.15, 0.2) is 59.5 Å². The van der Waals surface area contributed by atoms with E-state index in [0.29, 0.717) is 14.8 Å². The van der Waals surface area contributed by atoms with Gasteiger partial charge >= 0.3 is 5.97 Å². The highest BCUT2D eigenvalue weighted by Crippen LogP contribution is 2.38. The maximum Gasteiger partial charge on any atom is 0.333 e. The zero-order chi connectivity index (χ0) is 19.4. The number of carbonyl (C=O) groups is 2. The van der Waals surface area contributed by atoms with Crippen molar-refractivity contribution >= 4 is 46.3 Å². The average Bonchev–Trinajstić information content (AvgIpc) is 2.97. The second-order valence-electron chi connectivity index (χ2n) is 5.98. The second kappa shape index (κ2) is 8.50. The minimum atomic E-state index is -0.892. The fourth-order valence-corrected chi connectivity index (χ4v) is 4.15. The van der Waals surface area contributed by atoms with Crippen LogP contribution in [0.4, 0.5) is 0 Å². The molecule has 138 valence electrons. The van der Waals surface area contributed by atoms with Gasteiger partial charge in [0.05, 0.1) is 12.0 Å². The molecule has 1 aliphatic rings. The van der Waals surface area contributed by atoms with Crippen LogP contribution < -0.4 is 0 Å². The van der Waals surface area contributed by atoms with E-state index >= 15 is 0 Å². The summed E-state index contributed by atoms with van der Waals surface area (Å²) in [7, 11) is 1.31. The predicted molar refractivity (Wildman–Crippen MR) is 112 cm³/mol. The fraction of sp³-hybridized carbons (Fsp3) is 0.190. The number of benzene rings is 2. The number of thioether (sulfide) groups is 1. The summed E-state index contributed by atoms with van der Waals surface area (Å²) < 4.78 is 5.28. The lowest BCUT2D eigenvalue weighted by atomic mass is 10.1. The Kier molecular flexibility index (Phi) is 6.08. The number of rotatable bonds is 5. The van der Waals surface area contributed by atoms with E-state index in [2.05, 4.69) is 6.92 Å². The van der Waals surface area contributed by atoms with Gasteiger partial charge in [0.25, 0.3) is 5.91 Å². The summed E-state index contributed by atoms with van der Waals surface area (Å²) in [5, 5.41) is 0. The van der Waals surface area contributed by atoms with Crippen LogP contribution in [0.3, 0.4) is 0 Å². The molecule has 3 rings (SSSR count). The molecule has 2 aromatic rings. The van der Waals surface area contributed by atoms with Crippen LogP contribution >= 0.6 is 24.0 Å². The molecule has 1 amide bonds. The minimum Gasteiger partial charge on any atom is -0.467 e. The Hall–Kier alpha value is -2.44. The Morgan fingerprint density at radius 3 is 2.44 bits per heavy atom. The van der Waals surface area contributed by atoms with Crippen LogP contribution in [0.1, 0.15) is 29.7 Å². The number of nitrogens with zero attached hydrogens (tertiary/aromatic N) is 1. The smallest absolute Gasteiger partial charge is 0.333 e. The van der Waals surface area contributed by atoms with E-state index in [9.17, 15) is 9.59 Å². The van der Waals surface area contributed by atoms with Crippen molar-refractivity contribution in [2.45, 2.75) is 19.4 Å². The van der Waals surface area contributed by atoms with Crippen LogP contribution in [0, 0.1) is 0 Å². The van der Waals surface area contributed by atoms with Gasteiger partial charge in [0.15, 0.2) is 6.04 Å². The highest BCUT2D eigenvalue weighted by molar-refractivity contribution is 8.26. The standard InChI is InChI=1S/C21H19NO3S2/c1-3-14-9-11-15(12-10-14)13-17-19(23)22(21(26)27-17)18(20(24)25-2)16-7-5-4-6-8-16/h4-13,18H,3H2,1-2H3/b17-13+. The largest absolute Gasteiger partial charge is 0.467 e. The van der Waals surface area contributed by atoms with Crippen molar-refractivity contribution in [3.63, 3.8) is 0 Å². The van der Waals surface area contributed by atoms with Crippen molar-refractivity contribution in [3.8, 4) is 0 Å². The normalized spacial score (nSPS) is 16.7. The molecule has 1 unspecified atom stereocenters. The molecule has 1 aliphatic heterocycles. The predicted octanol–water partition coefficient (Wildman–Crippen LogP) is 4.36. The van der Waals surface area contributed by atoms with E-state index in [1.54, 1.807) is 18.2 Å². The number of ether oxygens (including phenoxy) is 1. The summed E-state index contributed by atoms with van der Waals surface area (Å²) in [5.74, 6) is -0.810. The van der Waals surface area contributed by atoms with Gasteiger partial charge in [0.2, 0.25) is 0 Å². The van der Waals surface area contributed by atoms with Gasteiger partial charge in [-0.2, -0.15) is 0 Å². The molecule has 0 N–H and O–H groups in total. The summed E-state index contributed by atoms with van der Waals surface area (Å²) in [5.41, 5.74) is 2.81. The molecule has 0 aromatic heterocycles. The fourth-order valence-electron chi connectivity index (χ4n) is 2.84. The Labute approximate surface area is 168 Å². The van der Waals surface area contributed by atoms with Crippen LogP contribution in [0.5, 0.6) is 0 Å². The van der Waals surface area contributed by atoms with Gasteiger partial charge in [-0.25, -0.2) is 4.79 Å². The Morgan fingerprint density at radius 2 is 1.85 bits per heavy atom. The summed E-state index contributed by atoms with van der Waals surface area (Å²) >= 11 is 6.61. The first-order chi connectivity index (χ1) is 13.0. The molecule has 1 heterocycles. The van der Waals surface area contributed by atoms with Crippen LogP contribution in [-0.2, 0) is 20.7 Å². The molecule has 1 saturated heterocycles. The van der Waals surface area contributed by atoms with Crippen LogP contribution in [0.25, 0.3) is 6.08 Å². The van der Waals surface area contributed by atoms with Crippen molar-refractivity contribution in [2.75, 3.05) is 7.11 Å². The van der Waals surface area contributed by atoms with E-state index < -0.39 is 12.0 Å². The van der Waals surface area contributed by atoms with Crippen molar-refractivity contribution < 1.29 is 14.3 Å². The average molecular weight is 398 g/mol. The first-order valence-electron chi connectivity index (χ1n) is 8.54. The SMILES string of the molecule is CCc1ccc(/C=C2/SC(=S)N(C(C(=O)OC)c3ccccc3)C2=O)cc1. The van der Waals surface area contributed by atoms with Gasteiger partial charge in [0, 0.05) is 0 Å². The first-order valence-corrected chi connectivity index (χ1v) is 9.76. The third-order valence-corrected chi connectivity index (χ3v) is 5.64. The number of amides is 1. The zero-order valence-electron chi connectivity index (χ0n) is 15.0. The number of hydrogen-bond donors (Lipinski definition) is 0. The molecule has 0 radical (unpaired) electrons. The Balaban J connectivity index is 1.93. The molecule has 0 bridgehead atoms. The lowest BCUT2D eigenvalue weighted by Crippen LogP contribution is -2.37. The summed E-state index contributed by atoms with van der Waals surface area (Å²) in [6.45, 7) is 2.09. The molecule has 0 aliphatic carbocycles. The molecular weight excluding hydrogens is 378 g/mol. The van der Waals surface area contributed by atoms with Crippen molar-refractivity contribution in [2.24, 2.45) is 0 Å².